The van der Waals surface area contributed by atoms with Crippen LogP contribution in [0.3, 0.4) is 0 Å². The lowest BCUT2D eigenvalue weighted by Gasteiger charge is -2.35. The molecule has 0 radical (unpaired) electrons. The van der Waals surface area contributed by atoms with Gasteiger partial charge in [0.2, 0.25) is 11.3 Å². The van der Waals surface area contributed by atoms with Crippen molar-refractivity contribution in [2.24, 2.45) is 5.92 Å². The summed E-state index contributed by atoms with van der Waals surface area (Å²) in [4.78, 5) is 53.8. The van der Waals surface area contributed by atoms with Crippen molar-refractivity contribution < 1.29 is 28.6 Å². The number of nitrogens with zero attached hydrogens (tertiary/aromatic N) is 3. The molecule has 2 fully saturated rings. The van der Waals surface area contributed by atoms with Crippen molar-refractivity contribution in [2.45, 2.75) is 31.3 Å². The third-order valence-electron chi connectivity index (χ3n) is 7.45. The fraction of sp³-hybridized carbons (Fsp3) is 0.440. The number of hydrogen-bond donors (Lipinski definition) is 2. The van der Waals surface area contributed by atoms with Crippen LogP contribution in [0.4, 0.5) is 10.1 Å². The SMILES string of the molecule is COCC1CC12CN(C)C(=O)c1c(O)c(=O)c(C(=O)NCc3cc(N4CCCC4=O)cc(Cl)c3F)cn12. The molecule has 12 heteroatoms. The molecule has 2 N–H and O–H groups in total. The molecule has 3 aliphatic rings. The second kappa shape index (κ2) is 9.14. The van der Waals surface area contributed by atoms with Crippen LogP contribution in [0.2, 0.25) is 5.02 Å². The number of benzene rings is 1. The lowest BCUT2D eigenvalue weighted by Crippen LogP contribution is -2.48. The normalized spacial score (nSPS) is 22.5. The van der Waals surface area contributed by atoms with Gasteiger partial charge >= 0.3 is 0 Å². The number of amides is 3. The third kappa shape index (κ3) is 4.06. The van der Waals surface area contributed by atoms with Gasteiger partial charge in [-0.25, -0.2) is 4.39 Å². The van der Waals surface area contributed by atoms with Crippen LogP contribution in [0, 0.1) is 11.7 Å². The first kappa shape index (κ1) is 25.2. The summed E-state index contributed by atoms with van der Waals surface area (Å²) in [6.45, 7) is 0.909. The molecular weight excluding hydrogens is 507 g/mol. The summed E-state index contributed by atoms with van der Waals surface area (Å²) < 4.78 is 21.5. The molecule has 1 saturated carbocycles. The predicted octanol–water partition coefficient (Wildman–Crippen LogP) is 1.85. The molecule has 37 heavy (non-hydrogen) atoms. The highest BCUT2D eigenvalue weighted by molar-refractivity contribution is 6.31. The van der Waals surface area contributed by atoms with E-state index < -0.39 is 34.3 Å². The number of hydrogen-bond acceptors (Lipinski definition) is 6. The van der Waals surface area contributed by atoms with Crippen LogP contribution in [-0.4, -0.2) is 66.1 Å². The zero-order valence-corrected chi connectivity index (χ0v) is 21.1. The maximum atomic E-state index is 14.7. The van der Waals surface area contributed by atoms with Gasteiger partial charge in [-0.05, 0) is 25.0 Å². The number of carbonyl (C=O) groups excluding carboxylic acids is 3. The Labute approximate surface area is 216 Å². The highest BCUT2D eigenvalue weighted by atomic mass is 35.5. The Kier molecular flexibility index (Phi) is 6.23. The van der Waals surface area contributed by atoms with Gasteiger partial charge in [-0.15, -0.1) is 0 Å². The molecule has 196 valence electrons. The summed E-state index contributed by atoms with van der Waals surface area (Å²) in [5, 5.41) is 13.0. The van der Waals surface area contributed by atoms with Crippen molar-refractivity contribution in [3.63, 3.8) is 0 Å². The van der Waals surface area contributed by atoms with Crippen molar-refractivity contribution in [3.8, 4) is 5.75 Å². The first-order valence-electron chi connectivity index (χ1n) is 11.9. The van der Waals surface area contributed by atoms with Crippen molar-refractivity contribution >= 4 is 35.0 Å². The van der Waals surface area contributed by atoms with E-state index in [1.807, 2.05) is 0 Å². The molecule has 1 aliphatic carbocycles. The lowest BCUT2D eigenvalue weighted by atomic mass is 10.0. The van der Waals surface area contributed by atoms with Crippen molar-refractivity contribution in [2.75, 3.05) is 38.8 Å². The number of likely N-dealkylation sites (N-methyl/N-ethyl adjacent to an activating group) is 1. The second-order valence-corrected chi connectivity index (χ2v) is 10.2. The van der Waals surface area contributed by atoms with Gasteiger partial charge in [0.05, 0.1) is 17.2 Å². The van der Waals surface area contributed by atoms with Crippen LogP contribution >= 0.6 is 11.6 Å². The zero-order chi connectivity index (χ0) is 26.6. The Bertz CT molecular complexity index is 1390. The first-order valence-corrected chi connectivity index (χ1v) is 12.3. The summed E-state index contributed by atoms with van der Waals surface area (Å²) in [6.07, 6.45) is 2.99. The van der Waals surface area contributed by atoms with E-state index in [0.717, 1.165) is 0 Å². The van der Waals surface area contributed by atoms with Crippen molar-refractivity contribution in [1.82, 2.24) is 14.8 Å². The number of anilines is 1. The van der Waals surface area contributed by atoms with E-state index in [-0.39, 0.29) is 40.2 Å². The molecule has 1 spiro atoms. The summed E-state index contributed by atoms with van der Waals surface area (Å²) in [7, 11) is 3.15. The Hall–Kier alpha value is -3.44. The average Bonchev–Trinajstić information content (AvgIpc) is 3.35. The number of aromatic hydroxyl groups is 1. The number of carbonyl (C=O) groups is 3. The van der Waals surface area contributed by atoms with Gasteiger partial charge in [0, 0.05) is 63.6 Å². The number of halogens is 2. The molecule has 1 aromatic carbocycles. The van der Waals surface area contributed by atoms with Gasteiger partial charge in [0.1, 0.15) is 11.4 Å². The van der Waals surface area contributed by atoms with Crippen LogP contribution in [0.1, 0.15) is 45.7 Å². The Balaban J connectivity index is 1.45. The van der Waals surface area contributed by atoms with Gasteiger partial charge in [-0.1, -0.05) is 11.6 Å². The van der Waals surface area contributed by atoms with Gasteiger partial charge in [-0.2, -0.15) is 0 Å². The zero-order valence-electron chi connectivity index (χ0n) is 20.3. The molecular formula is C25H26ClFN4O6. The van der Waals surface area contributed by atoms with Crippen LogP contribution in [-0.2, 0) is 21.6 Å². The Morgan fingerprint density at radius 2 is 2.08 bits per heavy atom. The lowest BCUT2D eigenvalue weighted by molar-refractivity contribution is -0.117. The number of rotatable bonds is 6. The molecule has 10 nitrogen and oxygen atoms in total. The number of aromatic nitrogens is 1. The Morgan fingerprint density at radius 3 is 2.76 bits per heavy atom. The smallest absolute Gasteiger partial charge is 0.274 e. The van der Waals surface area contributed by atoms with Gasteiger partial charge in [0.25, 0.3) is 11.8 Å². The van der Waals surface area contributed by atoms with E-state index in [2.05, 4.69) is 5.32 Å². The fourth-order valence-corrected chi connectivity index (χ4v) is 5.67. The van der Waals surface area contributed by atoms with Crippen molar-refractivity contribution in [3.05, 3.63) is 56.2 Å². The number of pyridine rings is 1. The molecule has 3 heterocycles. The molecule has 1 saturated heterocycles. The van der Waals surface area contributed by atoms with Gasteiger partial charge < -0.3 is 29.5 Å². The second-order valence-electron chi connectivity index (χ2n) is 9.79. The summed E-state index contributed by atoms with van der Waals surface area (Å²) in [5.41, 5.74) is -1.69. The van der Waals surface area contributed by atoms with E-state index in [1.165, 1.54) is 32.7 Å². The molecule has 5 rings (SSSR count). The number of methoxy groups -OCH3 is 1. The quantitative estimate of drug-likeness (QED) is 0.586. The van der Waals surface area contributed by atoms with E-state index in [0.29, 0.717) is 44.6 Å². The topological polar surface area (TPSA) is 121 Å². The monoisotopic (exact) mass is 532 g/mol. The molecule has 2 atom stereocenters. The van der Waals surface area contributed by atoms with Gasteiger partial charge in [-0.3, -0.25) is 19.2 Å². The van der Waals surface area contributed by atoms with E-state index in [1.54, 1.807) is 14.2 Å². The fourth-order valence-electron chi connectivity index (χ4n) is 5.44. The minimum Gasteiger partial charge on any atom is -0.503 e. The third-order valence-corrected chi connectivity index (χ3v) is 7.72. The number of fused-ring (bicyclic) bond motifs is 2. The summed E-state index contributed by atoms with van der Waals surface area (Å²) in [5.74, 6) is -3.02. The number of ether oxygens (including phenoxy) is 1. The first-order chi connectivity index (χ1) is 17.6. The standard InChI is InChI=1S/C25H26ClFN4O6/c1-29-12-25(8-14(25)11-37-2)31-10-16(21(33)22(34)20(31)24(29)36)23(35)28-9-13-6-15(7-17(26)19(13)27)30-5-3-4-18(30)32/h6-7,10,14,34H,3-5,8-9,11-12H2,1-2H3,(H,28,35). The van der Waals surface area contributed by atoms with E-state index in [9.17, 15) is 28.7 Å². The van der Waals surface area contributed by atoms with E-state index >= 15 is 0 Å². The molecule has 2 aliphatic heterocycles. The maximum absolute atomic E-state index is 14.7. The van der Waals surface area contributed by atoms with Crippen molar-refractivity contribution in [1.29, 1.82) is 0 Å². The van der Waals surface area contributed by atoms with Crippen LogP contribution in [0.15, 0.2) is 23.1 Å². The number of nitrogens with one attached hydrogen (secondary N) is 1. The van der Waals surface area contributed by atoms with Gasteiger partial charge in [0.15, 0.2) is 11.4 Å². The molecule has 2 aromatic rings. The van der Waals surface area contributed by atoms with Crippen LogP contribution < -0.4 is 15.6 Å². The van der Waals surface area contributed by atoms with Crippen LogP contribution in [0.5, 0.6) is 5.75 Å². The minimum atomic E-state index is -0.999. The average molecular weight is 533 g/mol. The van der Waals surface area contributed by atoms with Crippen LogP contribution in [0.25, 0.3) is 0 Å². The molecule has 3 amide bonds. The maximum Gasteiger partial charge on any atom is 0.274 e. The highest BCUT2D eigenvalue weighted by Gasteiger charge is 2.60. The van der Waals surface area contributed by atoms with E-state index in [4.69, 9.17) is 16.3 Å². The molecule has 2 unspecified atom stereocenters. The minimum absolute atomic E-state index is 0.0249. The summed E-state index contributed by atoms with van der Waals surface area (Å²) >= 11 is 6.05. The highest BCUT2D eigenvalue weighted by Crippen LogP contribution is 2.53. The largest absolute Gasteiger partial charge is 0.503 e. The predicted molar refractivity (Wildman–Crippen MR) is 131 cm³/mol. The Morgan fingerprint density at radius 1 is 1.32 bits per heavy atom. The molecule has 0 bridgehead atoms. The summed E-state index contributed by atoms with van der Waals surface area (Å²) in [6, 6.07) is 2.80. The molecule has 1 aromatic heterocycles.